The summed E-state index contributed by atoms with van der Waals surface area (Å²) in [5.74, 6) is 0.297. The second-order valence-corrected chi connectivity index (χ2v) is 6.07. The first-order valence-electron chi connectivity index (χ1n) is 7.46. The van der Waals surface area contributed by atoms with Gasteiger partial charge in [0.05, 0.1) is 6.04 Å². The molecule has 3 unspecified atom stereocenters. The Balaban J connectivity index is 1.94. The van der Waals surface area contributed by atoms with Crippen molar-refractivity contribution in [3.05, 3.63) is 0 Å². The van der Waals surface area contributed by atoms with Crippen LogP contribution in [0.25, 0.3) is 0 Å². The van der Waals surface area contributed by atoms with Crippen LogP contribution in [0.1, 0.15) is 20.8 Å². The van der Waals surface area contributed by atoms with Crippen LogP contribution in [0, 0.1) is 0 Å². The minimum atomic E-state index is 0.0108. The number of nitrogens with zero attached hydrogens (tertiary/aromatic N) is 3. The minimum Gasteiger partial charge on any atom is -0.339 e. The van der Waals surface area contributed by atoms with Crippen molar-refractivity contribution in [1.29, 1.82) is 0 Å². The number of hydrogen-bond donors (Lipinski definition) is 1. The summed E-state index contributed by atoms with van der Waals surface area (Å²) >= 11 is 0. The SMILES string of the molecule is CC(C(=O)N1CCNCC1)N1CC(C)N(C)C(C)C1. The van der Waals surface area contributed by atoms with Crippen molar-refractivity contribution >= 4 is 5.91 Å². The van der Waals surface area contributed by atoms with Gasteiger partial charge >= 0.3 is 0 Å². The Bertz CT molecular complexity index is 305. The molecule has 2 heterocycles. The number of carbonyl (C=O) groups is 1. The van der Waals surface area contributed by atoms with Crippen LogP contribution in [0.15, 0.2) is 0 Å². The number of amides is 1. The summed E-state index contributed by atoms with van der Waals surface area (Å²) in [4.78, 5) is 19.3. The maximum atomic E-state index is 12.5. The Labute approximate surface area is 116 Å². The summed E-state index contributed by atoms with van der Waals surface area (Å²) in [6.45, 7) is 12.1. The van der Waals surface area contributed by atoms with Crippen LogP contribution in [0.5, 0.6) is 0 Å². The van der Waals surface area contributed by atoms with Gasteiger partial charge in [0.2, 0.25) is 5.91 Å². The van der Waals surface area contributed by atoms with E-state index in [9.17, 15) is 4.79 Å². The minimum absolute atomic E-state index is 0.0108. The fourth-order valence-electron chi connectivity index (χ4n) is 3.07. The molecule has 0 aromatic heterocycles. The van der Waals surface area contributed by atoms with Gasteiger partial charge in [-0.3, -0.25) is 14.6 Å². The maximum absolute atomic E-state index is 12.5. The average molecular weight is 268 g/mol. The highest BCUT2D eigenvalue weighted by Crippen LogP contribution is 2.17. The lowest BCUT2D eigenvalue weighted by atomic mass is 10.1. The molecule has 19 heavy (non-hydrogen) atoms. The molecular formula is C14H28N4O. The van der Waals surface area contributed by atoms with Gasteiger partial charge in [-0.15, -0.1) is 0 Å². The quantitative estimate of drug-likeness (QED) is 0.755. The first-order chi connectivity index (χ1) is 9.00. The maximum Gasteiger partial charge on any atom is 0.239 e. The van der Waals surface area contributed by atoms with E-state index in [-0.39, 0.29) is 6.04 Å². The van der Waals surface area contributed by atoms with Crippen molar-refractivity contribution in [2.45, 2.75) is 38.9 Å². The molecule has 0 aliphatic carbocycles. The van der Waals surface area contributed by atoms with Gasteiger partial charge in [0.1, 0.15) is 0 Å². The van der Waals surface area contributed by atoms with Crippen molar-refractivity contribution in [2.24, 2.45) is 0 Å². The molecule has 3 atom stereocenters. The first kappa shape index (κ1) is 14.8. The molecule has 0 saturated carbocycles. The summed E-state index contributed by atoms with van der Waals surface area (Å²) in [6, 6.07) is 1.04. The van der Waals surface area contributed by atoms with Crippen LogP contribution in [-0.2, 0) is 4.79 Å². The average Bonchev–Trinajstić information content (AvgIpc) is 2.43. The highest BCUT2D eigenvalue weighted by Gasteiger charge is 2.33. The van der Waals surface area contributed by atoms with Crippen LogP contribution >= 0.6 is 0 Å². The molecule has 1 amide bonds. The van der Waals surface area contributed by atoms with Crippen molar-refractivity contribution in [3.8, 4) is 0 Å². The first-order valence-corrected chi connectivity index (χ1v) is 7.46. The molecule has 0 bridgehead atoms. The third kappa shape index (κ3) is 3.27. The molecule has 0 aromatic rings. The smallest absolute Gasteiger partial charge is 0.239 e. The zero-order chi connectivity index (χ0) is 14.0. The van der Waals surface area contributed by atoms with Gasteiger partial charge in [0.15, 0.2) is 0 Å². The highest BCUT2D eigenvalue weighted by molar-refractivity contribution is 5.81. The largest absolute Gasteiger partial charge is 0.339 e. The second-order valence-electron chi connectivity index (χ2n) is 6.07. The van der Waals surface area contributed by atoms with E-state index in [1.54, 1.807) is 0 Å². The number of hydrogen-bond acceptors (Lipinski definition) is 4. The zero-order valence-electron chi connectivity index (χ0n) is 12.7. The number of piperazine rings is 2. The Morgan fingerprint density at radius 2 is 1.68 bits per heavy atom. The van der Waals surface area contributed by atoms with Crippen LogP contribution in [0.2, 0.25) is 0 Å². The topological polar surface area (TPSA) is 38.8 Å². The molecule has 0 spiro atoms. The summed E-state index contributed by atoms with van der Waals surface area (Å²) < 4.78 is 0. The number of likely N-dealkylation sites (N-methyl/N-ethyl adjacent to an activating group) is 1. The number of carbonyl (C=O) groups excluding carboxylic acids is 1. The number of rotatable bonds is 2. The predicted molar refractivity (Wildman–Crippen MR) is 77.2 cm³/mol. The van der Waals surface area contributed by atoms with E-state index >= 15 is 0 Å². The normalized spacial score (nSPS) is 32.3. The fourth-order valence-corrected chi connectivity index (χ4v) is 3.07. The predicted octanol–water partition coefficient (Wildman–Crippen LogP) is -0.169. The monoisotopic (exact) mass is 268 g/mol. The lowest BCUT2D eigenvalue weighted by Crippen LogP contribution is -2.61. The summed E-state index contributed by atoms with van der Waals surface area (Å²) in [6.07, 6.45) is 0. The molecule has 2 aliphatic rings. The van der Waals surface area contributed by atoms with Gasteiger partial charge in [-0.05, 0) is 27.8 Å². The van der Waals surface area contributed by atoms with E-state index in [1.807, 2.05) is 4.90 Å². The molecule has 5 nitrogen and oxygen atoms in total. The summed E-state index contributed by atoms with van der Waals surface area (Å²) in [5, 5.41) is 3.29. The second kappa shape index (κ2) is 6.20. The molecule has 1 N–H and O–H groups in total. The van der Waals surface area contributed by atoms with E-state index in [1.165, 1.54) is 0 Å². The van der Waals surface area contributed by atoms with Crippen molar-refractivity contribution in [2.75, 3.05) is 46.3 Å². The highest BCUT2D eigenvalue weighted by atomic mass is 16.2. The lowest BCUT2D eigenvalue weighted by Gasteiger charge is -2.45. The Hall–Kier alpha value is -0.650. The van der Waals surface area contributed by atoms with Gasteiger partial charge in [-0.2, -0.15) is 0 Å². The van der Waals surface area contributed by atoms with Crippen molar-refractivity contribution < 1.29 is 4.79 Å². The Morgan fingerprint density at radius 1 is 1.16 bits per heavy atom. The zero-order valence-corrected chi connectivity index (χ0v) is 12.7. The molecule has 0 aromatic carbocycles. The lowest BCUT2D eigenvalue weighted by molar-refractivity contribution is -0.138. The third-order valence-corrected chi connectivity index (χ3v) is 4.72. The van der Waals surface area contributed by atoms with E-state index in [2.05, 4.69) is 42.9 Å². The Kier molecular flexibility index (Phi) is 4.81. The van der Waals surface area contributed by atoms with E-state index in [0.29, 0.717) is 18.0 Å². The van der Waals surface area contributed by atoms with E-state index in [0.717, 1.165) is 39.3 Å². The summed E-state index contributed by atoms with van der Waals surface area (Å²) in [5.41, 5.74) is 0. The number of nitrogens with one attached hydrogen (secondary N) is 1. The van der Waals surface area contributed by atoms with Crippen LogP contribution < -0.4 is 5.32 Å². The van der Waals surface area contributed by atoms with Crippen molar-refractivity contribution in [1.82, 2.24) is 20.0 Å². The molecule has 110 valence electrons. The van der Waals surface area contributed by atoms with Gasteiger partial charge in [0.25, 0.3) is 0 Å². The van der Waals surface area contributed by atoms with E-state index < -0.39 is 0 Å². The van der Waals surface area contributed by atoms with Crippen molar-refractivity contribution in [3.63, 3.8) is 0 Å². The molecular weight excluding hydrogens is 240 g/mol. The van der Waals surface area contributed by atoms with Crippen LogP contribution in [0.4, 0.5) is 0 Å². The standard InChI is InChI=1S/C14H28N4O/c1-11-9-18(10-12(2)16(11)4)13(3)14(19)17-7-5-15-6-8-17/h11-13,15H,5-10H2,1-4H3. The van der Waals surface area contributed by atoms with Gasteiger partial charge in [0, 0.05) is 51.4 Å². The van der Waals surface area contributed by atoms with Crippen LogP contribution in [-0.4, -0.2) is 85.0 Å². The third-order valence-electron chi connectivity index (χ3n) is 4.72. The van der Waals surface area contributed by atoms with Gasteiger partial charge in [-0.1, -0.05) is 0 Å². The van der Waals surface area contributed by atoms with Gasteiger partial charge < -0.3 is 10.2 Å². The molecule has 2 rings (SSSR count). The molecule has 2 aliphatic heterocycles. The Morgan fingerprint density at radius 3 is 2.21 bits per heavy atom. The van der Waals surface area contributed by atoms with E-state index in [4.69, 9.17) is 0 Å². The van der Waals surface area contributed by atoms with Crippen LogP contribution in [0.3, 0.4) is 0 Å². The van der Waals surface area contributed by atoms with Gasteiger partial charge in [-0.25, -0.2) is 0 Å². The molecule has 2 fully saturated rings. The molecule has 2 saturated heterocycles. The molecule has 0 radical (unpaired) electrons. The molecule has 5 heteroatoms. The summed E-state index contributed by atoms with van der Waals surface area (Å²) in [7, 11) is 2.18. The fraction of sp³-hybridized carbons (Fsp3) is 0.929.